The summed E-state index contributed by atoms with van der Waals surface area (Å²) in [5.74, 6) is 0.470. The minimum atomic E-state index is -5.23. The third-order valence-corrected chi connectivity index (χ3v) is 5.31. The molecule has 2 unspecified atom stereocenters. The number of alkyl halides is 3. The molecule has 0 saturated carbocycles. The summed E-state index contributed by atoms with van der Waals surface area (Å²) in [6.07, 6.45) is 1.61. The SMILES string of the molecule is CCC(Cl)C(CCOCCCCl)(OP(=O)([O-])[O-])C(Cl)CC. The molecule has 0 N–H and O–H groups in total. The lowest BCUT2D eigenvalue weighted by atomic mass is 9.88. The van der Waals surface area contributed by atoms with Gasteiger partial charge in [-0.05, 0) is 19.3 Å². The molecular weight excluding hydrogens is 361 g/mol. The first-order valence-corrected chi connectivity index (χ1v) is 9.75. The molecule has 0 aliphatic rings. The zero-order valence-corrected chi connectivity index (χ0v) is 15.4. The molecule has 5 nitrogen and oxygen atoms in total. The highest BCUT2D eigenvalue weighted by atomic mass is 35.5. The van der Waals surface area contributed by atoms with Crippen LogP contribution in [0.15, 0.2) is 0 Å². The average molecular weight is 384 g/mol. The third-order valence-electron chi connectivity index (χ3n) is 3.12. The van der Waals surface area contributed by atoms with Crippen molar-refractivity contribution >= 4 is 42.6 Å². The lowest BCUT2D eigenvalue weighted by Crippen LogP contribution is -2.51. The van der Waals surface area contributed by atoms with Crippen LogP contribution >= 0.6 is 42.6 Å². The van der Waals surface area contributed by atoms with Crippen molar-refractivity contribution in [3.8, 4) is 0 Å². The molecule has 0 spiro atoms. The molecule has 0 aromatic carbocycles. The molecule has 0 aliphatic carbocycles. The fourth-order valence-corrected chi connectivity index (χ4v) is 3.73. The van der Waals surface area contributed by atoms with E-state index >= 15 is 0 Å². The van der Waals surface area contributed by atoms with Crippen LogP contribution in [0.1, 0.15) is 39.5 Å². The van der Waals surface area contributed by atoms with Crippen LogP contribution in [-0.4, -0.2) is 35.4 Å². The maximum absolute atomic E-state index is 11.1. The number of ether oxygens (including phenoxy) is 1. The van der Waals surface area contributed by atoms with Gasteiger partial charge in [0.25, 0.3) is 0 Å². The fourth-order valence-electron chi connectivity index (χ4n) is 2.06. The Morgan fingerprint density at radius 1 is 1.14 bits per heavy atom. The first-order valence-electron chi connectivity index (χ1n) is 6.88. The Morgan fingerprint density at radius 2 is 1.67 bits per heavy atom. The molecule has 9 heteroatoms. The van der Waals surface area contributed by atoms with Gasteiger partial charge < -0.3 is 23.6 Å². The van der Waals surface area contributed by atoms with Crippen LogP contribution in [-0.2, 0) is 13.8 Å². The molecule has 0 fully saturated rings. The lowest BCUT2D eigenvalue weighted by molar-refractivity contribution is -0.350. The standard InChI is InChI=1S/C12H24Cl3O5P/c1-3-10(14)12(11(15)4-2,20-21(16,17)18)6-9-19-8-5-7-13/h10-11H,3-9H2,1-2H3,(H2,16,17,18)/p-2. The number of phosphoric ester groups is 1. The van der Waals surface area contributed by atoms with Crippen molar-refractivity contribution in [2.75, 3.05) is 19.1 Å². The Bertz CT molecular complexity index is 316. The zero-order chi connectivity index (χ0) is 16.5. The van der Waals surface area contributed by atoms with E-state index in [9.17, 15) is 14.4 Å². The van der Waals surface area contributed by atoms with Crippen molar-refractivity contribution < 1.29 is 23.6 Å². The van der Waals surface area contributed by atoms with Gasteiger partial charge in [0.05, 0.1) is 18.6 Å². The highest BCUT2D eigenvalue weighted by Gasteiger charge is 2.44. The van der Waals surface area contributed by atoms with Crippen LogP contribution in [0.4, 0.5) is 0 Å². The maximum atomic E-state index is 11.1. The highest BCUT2D eigenvalue weighted by Crippen LogP contribution is 2.44. The van der Waals surface area contributed by atoms with Gasteiger partial charge in [0.2, 0.25) is 0 Å². The van der Waals surface area contributed by atoms with Crippen molar-refractivity contribution in [1.82, 2.24) is 0 Å². The Morgan fingerprint density at radius 3 is 2.05 bits per heavy atom. The lowest BCUT2D eigenvalue weighted by Gasteiger charge is -2.47. The smallest absolute Gasteiger partial charge is 0.108 e. The van der Waals surface area contributed by atoms with Crippen LogP contribution in [0.5, 0.6) is 0 Å². The van der Waals surface area contributed by atoms with Gasteiger partial charge in [0.1, 0.15) is 5.60 Å². The fraction of sp³-hybridized carbons (Fsp3) is 1.00. The predicted molar refractivity (Wildman–Crippen MR) is 82.1 cm³/mol. The summed E-state index contributed by atoms with van der Waals surface area (Å²) in [5, 5.41) is -1.43. The average Bonchev–Trinajstić information content (AvgIpc) is 2.42. The number of halogens is 3. The topological polar surface area (TPSA) is 81.7 Å². The molecule has 0 heterocycles. The van der Waals surface area contributed by atoms with E-state index in [4.69, 9.17) is 44.1 Å². The third kappa shape index (κ3) is 7.85. The second-order valence-electron chi connectivity index (χ2n) is 4.65. The van der Waals surface area contributed by atoms with E-state index in [0.29, 0.717) is 31.7 Å². The molecule has 21 heavy (non-hydrogen) atoms. The van der Waals surface area contributed by atoms with E-state index in [2.05, 4.69) is 0 Å². The van der Waals surface area contributed by atoms with Gasteiger partial charge >= 0.3 is 0 Å². The molecule has 0 radical (unpaired) electrons. The number of hydrogen-bond donors (Lipinski definition) is 0. The normalized spacial score (nSPS) is 18.2. The molecule has 128 valence electrons. The van der Waals surface area contributed by atoms with Gasteiger partial charge in [-0.1, -0.05) is 13.8 Å². The second kappa shape index (κ2) is 10.7. The molecule has 2 atom stereocenters. The Kier molecular flexibility index (Phi) is 11.1. The van der Waals surface area contributed by atoms with Crippen LogP contribution in [0, 0.1) is 0 Å². The summed E-state index contributed by atoms with van der Waals surface area (Å²) in [5.41, 5.74) is -1.47. The monoisotopic (exact) mass is 382 g/mol. The van der Waals surface area contributed by atoms with Gasteiger partial charge in [-0.15, -0.1) is 34.8 Å². The van der Waals surface area contributed by atoms with Gasteiger partial charge in [0.15, 0.2) is 0 Å². The molecule has 0 rings (SSSR count). The molecular formula is C12H22Cl3O5P-2. The van der Waals surface area contributed by atoms with Crippen molar-refractivity contribution in [2.24, 2.45) is 0 Å². The largest absolute Gasteiger partial charge is 0.790 e. The van der Waals surface area contributed by atoms with E-state index < -0.39 is 24.2 Å². The second-order valence-corrected chi connectivity index (χ2v) is 7.16. The van der Waals surface area contributed by atoms with Gasteiger partial charge in [-0.3, -0.25) is 0 Å². The van der Waals surface area contributed by atoms with Gasteiger partial charge in [-0.2, -0.15) is 0 Å². The minimum absolute atomic E-state index is 0.119. The summed E-state index contributed by atoms with van der Waals surface area (Å²) >= 11 is 18.0. The first kappa shape index (κ1) is 21.9. The minimum Gasteiger partial charge on any atom is -0.790 e. The quantitative estimate of drug-likeness (QED) is 0.294. The van der Waals surface area contributed by atoms with E-state index in [1.807, 2.05) is 0 Å². The Hall–Kier alpha value is 0.940. The molecule has 0 bridgehead atoms. The summed E-state index contributed by atoms with van der Waals surface area (Å²) in [6, 6.07) is 0. The first-order chi connectivity index (χ1) is 9.73. The zero-order valence-electron chi connectivity index (χ0n) is 12.2. The van der Waals surface area contributed by atoms with E-state index in [1.165, 1.54) is 0 Å². The van der Waals surface area contributed by atoms with E-state index in [-0.39, 0.29) is 13.0 Å². The maximum Gasteiger partial charge on any atom is 0.108 e. The number of phosphoric acid groups is 1. The summed E-state index contributed by atoms with van der Waals surface area (Å²) in [7, 11) is -5.23. The van der Waals surface area contributed by atoms with E-state index in [0.717, 1.165) is 0 Å². The van der Waals surface area contributed by atoms with Crippen molar-refractivity contribution in [3.05, 3.63) is 0 Å². The van der Waals surface area contributed by atoms with Crippen molar-refractivity contribution in [1.29, 1.82) is 0 Å². The Balaban J connectivity index is 5.04. The highest BCUT2D eigenvalue weighted by molar-refractivity contribution is 7.43. The molecule has 0 aliphatic heterocycles. The molecule has 0 aromatic heterocycles. The summed E-state index contributed by atoms with van der Waals surface area (Å²) in [6.45, 7) is 4.15. The molecule has 0 aromatic rings. The van der Waals surface area contributed by atoms with E-state index in [1.54, 1.807) is 13.8 Å². The molecule has 0 amide bonds. The number of hydrogen-bond acceptors (Lipinski definition) is 5. The van der Waals surface area contributed by atoms with Crippen LogP contribution in [0.3, 0.4) is 0 Å². The summed E-state index contributed by atoms with van der Waals surface area (Å²) < 4.78 is 21.3. The van der Waals surface area contributed by atoms with Crippen LogP contribution < -0.4 is 9.79 Å². The van der Waals surface area contributed by atoms with Gasteiger partial charge in [0, 0.05) is 25.5 Å². The van der Waals surface area contributed by atoms with Crippen molar-refractivity contribution in [2.45, 2.75) is 55.9 Å². The number of rotatable bonds is 12. The predicted octanol–water partition coefficient (Wildman–Crippen LogP) is 2.64. The van der Waals surface area contributed by atoms with Gasteiger partial charge in [-0.25, -0.2) is 0 Å². The van der Waals surface area contributed by atoms with Crippen molar-refractivity contribution in [3.63, 3.8) is 0 Å². The Labute approximate surface area is 141 Å². The van der Waals surface area contributed by atoms with Crippen LogP contribution in [0.2, 0.25) is 0 Å². The van der Waals surface area contributed by atoms with Crippen LogP contribution in [0.25, 0.3) is 0 Å². The molecule has 0 saturated heterocycles. The summed E-state index contributed by atoms with van der Waals surface area (Å²) in [4.78, 5) is 22.2.